The minimum Gasteiger partial charge on any atom is -0.326 e. The lowest BCUT2D eigenvalue weighted by molar-refractivity contribution is 0.426. The molecular formula is C10H19N3. The van der Waals surface area contributed by atoms with Crippen molar-refractivity contribution in [1.82, 2.24) is 9.78 Å². The maximum atomic E-state index is 5.59. The molecule has 1 heterocycles. The summed E-state index contributed by atoms with van der Waals surface area (Å²) in [5, 5.41) is 4.46. The Hall–Kier alpha value is -0.830. The molecule has 0 saturated heterocycles. The fourth-order valence-electron chi connectivity index (χ4n) is 1.57. The molecule has 0 aliphatic rings. The van der Waals surface area contributed by atoms with Crippen LogP contribution in [0.5, 0.6) is 0 Å². The first-order valence-corrected chi connectivity index (χ1v) is 4.97. The van der Waals surface area contributed by atoms with E-state index in [1.165, 1.54) is 0 Å². The van der Waals surface area contributed by atoms with Crippen molar-refractivity contribution in [3.8, 4) is 0 Å². The SMILES string of the molecule is CCC(CC)n1cc(CN)c(C)n1. The first kappa shape index (κ1) is 10.3. The lowest BCUT2D eigenvalue weighted by Gasteiger charge is -2.12. The van der Waals surface area contributed by atoms with Crippen LogP contribution in [0.1, 0.15) is 44.0 Å². The molecule has 13 heavy (non-hydrogen) atoms. The Morgan fingerprint density at radius 1 is 1.46 bits per heavy atom. The Bertz CT molecular complexity index is 261. The highest BCUT2D eigenvalue weighted by atomic mass is 15.3. The topological polar surface area (TPSA) is 43.8 Å². The molecule has 74 valence electrons. The number of aryl methyl sites for hydroxylation is 1. The van der Waals surface area contributed by atoms with Crippen LogP contribution in [0.4, 0.5) is 0 Å². The number of hydrogen-bond acceptors (Lipinski definition) is 2. The van der Waals surface area contributed by atoms with Crippen LogP contribution >= 0.6 is 0 Å². The van der Waals surface area contributed by atoms with E-state index < -0.39 is 0 Å². The Morgan fingerprint density at radius 2 is 2.08 bits per heavy atom. The van der Waals surface area contributed by atoms with E-state index in [1.54, 1.807) is 0 Å². The van der Waals surface area contributed by atoms with E-state index in [0.717, 1.165) is 24.1 Å². The van der Waals surface area contributed by atoms with Gasteiger partial charge < -0.3 is 5.73 Å². The summed E-state index contributed by atoms with van der Waals surface area (Å²) in [6.07, 6.45) is 4.33. The molecule has 0 aromatic carbocycles. The number of nitrogens with two attached hydrogens (primary N) is 1. The molecule has 0 saturated carbocycles. The number of nitrogens with zero attached hydrogens (tertiary/aromatic N) is 2. The van der Waals surface area contributed by atoms with Crippen molar-refractivity contribution in [2.45, 2.75) is 46.2 Å². The summed E-state index contributed by atoms with van der Waals surface area (Å²) in [6, 6.07) is 0.527. The quantitative estimate of drug-likeness (QED) is 0.772. The fraction of sp³-hybridized carbons (Fsp3) is 0.700. The molecule has 0 atom stereocenters. The summed E-state index contributed by atoms with van der Waals surface area (Å²) in [4.78, 5) is 0. The zero-order valence-electron chi connectivity index (χ0n) is 8.75. The van der Waals surface area contributed by atoms with Crippen molar-refractivity contribution >= 4 is 0 Å². The van der Waals surface area contributed by atoms with Gasteiger partial charge in [0.25, 0.3) is 0 Å². The first-order chi connectivity index (χ1) is 6.22. The number of rotatable bonds is 4. The molecule has 0 bridgehead atoms. The molecule has 0 unspecified atom stereocenters. The molecule has 3 nitrogen and oxygen atoms in total. The van der Waals surface area contributed by atoms with Gasteiger partial charge in [0.05, 0.1) is 11.7 Å². The van der Waals surface area contributed by atoms with Crippen LogP contribution in [0, 0.1) is 6.92 Å². The van der Waals surface area contributed by atoms with Crippen molar-refractivity contribution in [3.05, 3.63) is 17.5 Å². The third kappa shape index (κ3) is 2.10. The summed E-state index contributed by atoms with van der Waals surface area (Å²) >= 11 is 0. The van der Waals surface area contributed by atoms with E-state index in [-0.39, 0.29) is 0 Å². The van der Waals surface area contributed by atoms with E-state index in [0.29, 0.717) is 12.6 Å². The van der Waals surface area contributed by atoms with Gasteiger partial charge in [0.1, 0.15) is 0 Å². The molecule has 0 aliphatic heterocycles. The minimum atomic E-state index is 0.527. The van der Waals surface area contributed by atoms with Crippen LogP contribution in [0.15, 0.2) is 6.20 Å². The monoisotopic (exact) mass is 181 g/mol. The molecule has 0 radical (unpaired) electrons. The summed E-state index contributed by atoms with van der Waals surface area (Å²) in [6.45, 7) is 6.98. The molecule has 0 spiro atoms. The van der Waals surface area contributed by atoms with Crippen molar-refractivity contribution in [2.24, 2.45) is 5.73 Å². The number of aromatic nitrogens is 2. The van der Waals surface area contributed by atoms with Gasteiger partial charge in [-0.2, -0.15) is 5.10 Å². The lowest BCUT2D eigenvalue weighted by Crippen LogP contribution is -2.07. The van der Waals surface area contributed by atoms with E-state index in [4.69, 9.17) is 5.73 Å². The van der Waals surface area contributed by atoms with E-state index in [1.807, 2.05) is 6.92 Å². The van der Waals surface area contributed by atoms with Gasteiger partial charge in [-0.05, 0) is 19.8 Å². The zero-order valence-corrected chi connectivity index (χ0v) is 8.75. The van der Waals surface area contributed by atoms with E-state index >= 15 is 0 Å². The molecule has 0 aliphatic carbocycles. The first-order valence-electron chi connectivity index (χ1n) is 4.97. The predicted molar refractivity (Wildman–Crippen MR) is 54.5 cm³/mol. The summed E-state index contributed by atoms with van der Waals surface area (Å²) in [5.41, 5.74) is 7.82. The Kier molecular flexibility index (Phi) is 3.48. The average Bonchev–Trinajstić information content (AvgIpc) is 2.49. The molecular weight excluding hydrogens is 162 g/mol. The van der Waals surface area contributed by atoms with E-state index in [2.05, 4.69) is 29.8 Å². The highest BCUT2D eigenvalue weighted by Crippen LogP contribution is 2.16. The third-order valence-electron chi connectivity index (χ3n) is 2.55. The Balaban J connectivity index is 2.88. The maximum Gasteiger partial charge on any atom is 0.0638 e. The van der Waals surface area contributed by atoms with Crippen molar-refractivity contribution in [1.29, 1.82) is 0 Å². The second kappa shape index (κ2) is 4.42. The molecule has 1 aromatic heterocycles. The van der Waals surface area contributed by atoms with Crippen LogP contribution in [0.2, 0.25) is 0 Å². The van der Waals surface area contributed by atoms with Crippen LogP contribution < -0.4 is 5.73 Å². The standard InChI is InChI=1S/C10H19N3/c1-4-10(5-2)13-7-9(6-11)8(3)12-13/h7,10H,4-6,11H2,1-3H3. The van der Waals surface area contributed by atoms with Gasteiger partial charge >= 0.3 is 0 Å². The van der Waals surface area contributed by atoms with Crippen LogP contribution in [-0.4, -0.2) is 9.78 Å². The lowest BCUT2D eigenvalue weighted by atomic mass is 10.2. The molecule has 1 aromatic rings. The van der Waals surface area contributed by atoms with Crippen LogP contribution in [-0.2, 0) is 6.54 Å². The normalized spacial score (nSPS) is 11.2. The largest absolute Gasteiger partial charge is 0.326 e. The highest BCUT2D eigenvalue weighted by Gasteiger charge is 2.09. The van der Waals surface area contributed by atoms with Gasteiger partial charge in [-0.3, -0.25) is 4.68 Å². The fourth-order valence-corrected chi connectivity index (χ4v) is 1.57. The minimum absolute atomic E-state index is 0.527. The summed E-state index contributed by atoms with van der Waals surface area (Å²) in [7, 11) is 0. The molecule has 0 amide bonds. The van der Waals surface area contributed by atoms with Crippen molar-refractivity contribution in [3.63, 3.8) is 0 Å². The average molecular weight is 181 g/mol. The molecule has 3 heteroatoms. The van der Waals surface area contributed by atoms with Crippen LogP contribution in [0.25, 0.3) is 0 Å². The van der Waals surface area contributed by atoms with Crippen molar-refractivity contribution < 1.29 is 0 Å². The van der Waals surface area contributed by atoms with Gasteiger partial charge in [-0.1, -0.05) is 13.8 Å². The second-order valence-corrected chi connectivity index (χ2v) is 3.39. The molecule has 1 rings (SSSR count). The number of hydrogen-bond donors (Lipinski definition) is 1. The van der Waals surface area contributed by atoms with Crippen LogP contribution in [0.3, 0.4) is 0 Å². The molecule has 0 fully saturated rings. The summed E-state index contributed by atoms with van der Waals surface area (Å²) in [5.74, 6) is 0. The van der Waals surface area contributed by atoms with Gasteiger partial charge in [0.15, 0.2) is 0 Å². The Labute approximate surface area is 79.9 Å². The summed E-state index contributed by atoms with van der Waals surface area (Å²) < 4.78 is 2.05. The zero-order chi connectivity index (χ0) is 9.84. The van der Waals surface area contributed by atoms with Gasteiger partial charge in [0.2, 0.25) is 0 Å². The van der Waals surface area contributed by atoms with E-state index in [9.17, 15) is 0 Å². The molecule has 2 N–H and O–H groups in total. The van der Waals surface area contributed by atoms with Crippen molar-refractivity contribution in [2.75, 3.05) is 0 Å². The predicted octanol–water partition coefficient (Wildman–Crippen LogP) is 2.01. The highest BCUT2D eigenvalue weighted by molar-refractivity contribution is 5.15. The smallest absolute Gasteiger partial charge is 0.0638 e. The van der Waals surface area contributed by atoms with Gasteiger partial charge in [-0.25, -0.2) is 0 Å². The Morgan fingerprint density at radius 3 is 2.46 bits per heavy atom. The van der Waals surface area contributed by atoms with Gasteiger partial charge in [-0.15, -0.1) is 0 Å². The third-order valence-corrected chi connectivity index (χ3v) is 2.55. The van der Waals surface area contributed by atoms with Gasteiger partial charge in [0, 0.05) is 18.3 Å². The second-order valence-electron chi connectivity index (χ2n) is 3.39. The maximum absolute atomic E-state index is 5.59.